The van der Waals surface area contributed by atoms with E-state index < -0.39 is 36.8 Å². The zero-order valence-electron chi connectivity index (χ0n) is 8.68. The lowest BCUT2D eigenvalue weighted by molar-refractivity contribution is -0.148. The van der Waals surface area contributed by atoms with Crippen LogP contribution in [-0.2, 0) is 4.79 Å². The number of amides is 2. The number of hydrogen-bond donors (Lipinski definition) is 4. The summed E-state index contributed by atoms with van der Waals surface area (Å²) in [7, 11) is 0. The van der Waals surface area contributed by atoms with Crippen LogP contribution in [0.3, 0.4) is 0 Å². The summed E-state index contributed by atoms with van der Waals surface area (Å²) in [4.78, 5) is 34.0. The molecule has 2 atom stereocenters. The zero-order valence-corrected chi connectivity index (χ0v) is 8.68. The summed E-state index contributed by atoms with van der Waals surface area (Å²) in [6, 6.07) is -2.89. The molecule has 2 amide bonds. The fourth-order valence-electron chi connectivity index (χ4n) is 1.85. The number of hydrogen-bond acceptors (Lipinski definition) is 4. The van der Waals surface area contributed by atoms with Crippen molar-refractivity contribution in [3.63, 3.8) is 0 Å². The Bertz CT molecular complexity index is 345. The maximum Gasteiger partial charge on any atom is 0.408 e. The molecule has 0 aliphatic carbocycles. The molecule has 0 radical (unpaired) electrons. The van der Waals surface area contributed by atoms with Gasteiger partial charge in [0.05, 0.1) is 12.6 Å². The first-order chi connectivity index (χ1) is 7.90. The predicted octanol–water partition coefficient (Wildman–Crippen LogP) is -1.23. The van der Waals surface area contributed by atoms with Crippen LogP contribution in [0.2, 0.25) is 0 Å². The minimum Gasteiger partial charge on any atom is -0.480 e. The number of aliphatic hydroxyl groups excluding tert-OH is 1. The fourth-order valence-corrected chi connectivity index (χ4v) is 1.85. The molecule has 1 fully saturated rings. The third-order valence-corrected chi connectivity index (χ3v) is 2.61. The molecule has 1 heterocycles. The van der Waals surface area contributed by atoms with E-state index in [1.807, 2.05) is 0 Å². The van der Waals surface area contributed by atoms with Gasteiger partial charge in [-0.2, -0.15) is 0 Å². The quantitative estimate of drug-likeness (QED) is 0.480. The Labute approximate surface area is 95.5 Å². The van der Waals surface area contributed by atoms with Crippen LogP contribution in [0.1, 0.15) is 0 Å². The molecule has 0 aromatic rings. The number of nitrogens with zero attached hydrogens (tertiary/aromatic N) is 2. The molecule has 1 saturated heterocycles. The summed E-state index contributed by atoms with van der Waals surface area (Å²) in [5.74, 6) is -1.49. The summed E-state index contributed by atoms with van der Waals surface area (Å²) < 4.78 is 0. The van der Waals surface area contributed by atoms with Gasteiger partial charge in [-0.3, -0.25) is 9.80 Å². The molecular formula is C8H12N2O7. The van der Waals surface area contributed by atoms with Gasteiger partial charge in [0.15, 0.2) is 6.04 Å². The first-order valence-electron chi connectivity index (χ1n) is 4.73. The monoisotopic (exact) mass is 248 g/mol. The molecule has 1 rings (SSSR count). The van der Waals surface area contributed by atoms with Crippen molar-refractivity contribution in [2.24, 2.45) is 0 Å². The molecular weight excluding hydrogens is 236 g/mol. The summed E-state index contributed by atoms with van der Waals surface area (Å²) in [5.41, 5.74) is 0. The lowest BCUT2D eigenvalue weighted by Gasteiger charge is -2.42. The van der Waals surface area contributed by atoms with Gasteiger partial charge in [-0.25, -0.2) is 14.4 Å². The van der Waals surface area contributed by atoms with Crippen LogP contribution >= 0.6 is 0 Å². The van der Waals surface area contributed by atoms with E-state index in [2.05, 4.69) is 0 Å². The lowest BCUT2D eigenvalue weighted by atomic mass is 10.0. The van der Waals surface area contributed by atoms with Gasteiger partial charge >= 0.3 is 18.2 Å². The van der Waals surface area contributed by atoms with Crippen molar-refractivity contribution in [3.05, 3.63) is 0 Å². The molecule has 96 valence electrons. The van der Waals surface area contributed by atoms with E-state index in [1.54, 1.807) is 0 Å². The number of rotatable bonds is 2. The summed E-state index contributed by atoms with van der Waals surface area (Å²) >= 11 is 0. The standard InChI is InChI=1S/C8H12N2O7/c11-3-4-5(6(12)13)10(8(16)17)2-1-9(4)7(14)15/h4-5,11H,1-3H2,(H,12,13)(H,14,15)(H,16,17). The van der Waals surface area contributed by atoms with Crippen molar-refractivity contribution in [2.75, 3.05) is 19.7 Å². The van der Waals surface area contributed by atoms with Crippen molar-refractivity contribution in [2.45, 2.75) is 12.1 Å². The second-order valence-corrected chi connectivity index (χ2v) is 3.48. The maximum atomic E-state index is 11.0. The van der Waals surface area contributed by atoms with Crippen LogP contribution in [0.25, 0.3) is 0 Å². The average molecular weight is 248 g/mol. The SMILES string of the molecule is O=C(O)C1C(CO)N(C(=O)O)CCN1C(=O)O. The third-order valence-electron chi connectivity index (χ3n) is 2.61. The molecule has 9 heteroatoms. The highest BCUT2D eigenvalue weighted by molar-refractivity contribution is 5.81. The summed E-state index contributed by atoms with van der Waals surface area (Å²) in [6.07, 6.45) is -2.85. The smallest absolute Gasteiger partial charge is 0.408 e. The van der Waals surface area contributed by atoms with Crippen LogP contribution in [0.15, 0.2) is 0 Å². The van der Waals surface area contributed by atoms with Gasteiger partial charge in [0.25, 0.3) is 0 Å². The van der Waals surface area contributed by atoms with E-state index in [4.69, 9.17) is 20.4 Å². The molecule has 1 aliphatic rings. The number of carboxylic acids is 1. The predicted molar refractivity (Wildman–Crippen MR) is 51.8 cm³/mol. The molecule has 0 aromatic heterocycles. The molecule has 0 spiro atoms. The fraction of sp³-hybridized carbons (Fsp3) is 0.625. The second-order valence-electron chi connectivity index (χ2n) is 3.48. The number of carboxylic acid groups (broad SMARTS) is 3. The lowest BCUT2D eigenvalue weighted by Crippen LogP contribution is -2.65. The third kappa shape index (κ3) is 2.38. The molecule has 0 saturated carbocycles. The first-order valence-corrected chi connectivity index (χ1v) is 4.73. The topological polar surface area (TPSA) is 139 Å². The zero-order chi connectivity index (χ0) is 13.2. The number of aliphatic hydroxyl groups is 1. The highest BCUT2D eigenvalue weighted by Crippen LogP contribution is 2.18. The van der Waals surface area contributed by atoms with Gasteiger partial charge in [0.1, 0.15) is 0 Å². The summed E-state index contributed by atoms with van der Waals surface area (Å²) in [6.45, 7) is -1.17. The van der Waals surface area contributed by atoms with E-state index >= 15 is 0 Å². The molecule has 17 heavy (non-hydrogen) atoms. The average Bonchev–Trinajstić information content (AvgIpc) is 2.26. The van der Waals surface area contributed by atoms with Gasteiger partial charge in [-0.1, -0.05) is 0 Å². The minimum absolute atomic E-state index is 0.170. The molecule has 1 aliphatic heterocycles. The van der Waals surface area contributed by atoms with Crippen molar-refractivity contribution >= 4 is 18.2 Å². The number of carbonyl (C=O) groups is 3. The normalized spacial score (nSPS) is 24.5. The van der Waals surface area contributed by atoms with Crippen LogP contribution < -0.4 is 0 Å². The summed E-state index contributed by atoms with van der Waals surface area (Å²) in [5, 5.41) is 35.6. The van der Waals surface area contributed by atoms with Gasteiger partial charge in [-0.15, -0.1) is 0 Å². The van der Waals surface area contributed by atoms with E-state index in [0.717, 1.165) is 4.90 Å². The van der Waals surface area contributed by atoms with Gasteiger partial charge in [0, 0.05) is 13.1 Å². The maximum absolute atomic E-state index is 11.0. The van der Waals surface area contributed by atoms with Crippen LogP contribution in [-0.4, -0.2) is 80.2 Å². The Morgan fingerprint density at radius 2 is 1.47 bits per heavy atom. The van der Waals surface area contributed by atoms with E-state index in [0.29, 0.717) is 4.90 Å². The van der Waals surface area contributed by atoms with Crippen molar-refractivity contribution in [1.29, 1.82) is 0 Å². The van der Waals surface area contributed by atoms with Gasteiger partial charge < -0.3 is 20.4 Å². The van der Waals surface area contributed by atoms with Crippen molar-refractivity contribution in [1.82, 2.24) is 9.80 Å². The second kappa shape index (κ2) is 4.87. The van der Waals surface area contributed by atoms with Crippen LogP contribution in [0.5, 0.6) is 0 Å². The molecule has 4 N–H and O–H groups in total. The molecule has 9 nitrogen and oxygen atoms in total. The van der Waals surface area contributed by atoms with Crippen molar-refractivity contribution < 1.29 is 34.8 Å². The van der Waals surface area contributed by atoms with Crippen molar-refractivity contribution in [3.8, 4) is 0 Å². The van der Waals surface area contributed by atoms with Crippen LogP contribution in [0.4, 0.5) is 9.59 Å². The molecule has 0 aromatic carbocycles. The Hall–Kier alpha value is -2.03. The van der Waals surface area contributed by atoms with Gasteiger partial charge in [0.2, 0.25) is 0 Å². The van der Waals surface area contributed by atoms with E-state index in [9.17, 15) is 14.4 Å². The van der Waals surface area contributed by atoms with E-state index in [-0.39, 0.29) is 13.1 Å². The Morgan fingerprint density at radius 3 is 1.82 bits per heavy atom. The Kier molecular flexibility index (Phi) is 3.73. The number of aliphatic carboxylic acids is 1. The molecule has 2 unspecified atom stereocenters. The van der Waals surface area contributed by atoms with E-state index in [1.165, 1.54) is 0 Å². The molecule has 0 bridgehead atoms. The minimum atomic E-state index is -1.60. The van der Waals surface area contributed by atoms with Crippen LogP contribution in [0, 0.1) is 0 Å². The number of piperazine rings is 1. The first kappa shape index (κ1) is 13.0. The largest absolute Gasteiger partial charge is 0.480 e. The highest BCUT2D eigenvalue weighted by atomic mass is 16.4. The Balaban J connectivity index is 3.04. The highest BCUT2D eigenvalue weighted by Gasteiger charge is 2.44. The van der Waals surface area contributed by atoms with Gasteiger partial charge in [-0.05, 0) is 0 Å². The Morgan fingerprint density at radius 1 is 1.00 bits per heavy atom.